The fourth-order valence-corrected chi connectivity index (χ4v) is 6.44. The molecule has 0 aromatic carbocycles. The van der Waals surface area contributed by atoms with E-state index >= 15 is 0 Å². The molecule has 3 aliphatic carbocycles. The van der Waals surface area contributed by atoms with Gasteiger partial charge in [-0.05, 0) is 76.5 Å². The number of carbonyl (C=O) groups is 3. The molecule has 0 aromatic heterocycles. The van der Waals surface area contributed by atoms with Crippen molar-refractivity contribution in [3.8, 4) is 0 Å². The maximum atomic E-state index is 11.3. The molecule has 34 heavy (non-hydrogen) atoms. The Hall–Kier alpha value is -1.42. The number of nitrogens with zero attached hydrogens (tertiary/aromatic N) is 2. The summed E-state index contributed by atoms with van der Waals surface area (Å²) in [6.45, 7) is 10.9. The zero-order chi connectivity index (χ0) is 23.9. The Bertz CT molecular complexity index is 735. The zero-order valence-electron chi connectivity index (χ0n) is 20.6. The Morgan fingerprint density at radius 1 is 0.735 bits per heavy atom. The van der Waals surface area contributed by atoms with Gasteiger partial charge in [0.05, 0.1) is 31.0 Å². The number of carbonyl (C=O) groups excluding carboxylic acids is 2. The second kappa shape index (κ2) is 11.1. The van der Waals surface area contributed by atoms with Crippen molar-refractivity contribution >= 4 is 30.3 Å². The van der Waals surface area contributed by atoms with E-state index < -0.39 is 5.97 Å². The minimum absolute atomic E-state index is 0. The summed E-state index contributed by atoms with van der Waals surface area (Å²) in [5.41, 5.74) is 0. The van der Waals surface area contributed by atoms with Crippen molar-refractivity contribution in [1.82, 2.24) is 15.1 Å². The van der Waals surface area contributed by atoms with Gasteiger partial charge in [-0.2, -0.15) is 0 Å². The number of nitrogens with one attached hydrogen (secondary N) is 1. The fraction of sp³-hybridized carbons (Fsp3) is 0.875. The normalized spacial score (nSPS) is 40.1. The molecule has 0 bridgehead atoms. The van der Waals surface area contributed by atoms with Crippen LogP contribution < -0.4 is 5.32 Å². The number of ether oxygens (including phenoxy) is 2. The third kappa shape index (κ3) is 5.69. The predicted octanol–water partition coefficient (Wildman–Crippen LogP) is 0.672. The van der Waals surface area contributed by atoms with Crippen molar-refractivity contribution in [1.29, 1.82) is 0 Å². The summed E-state index contributed by atoms with van der Waals surface area (Å²) in [6, 6.07) is 0. The summed E-state index contributed by atoms with van der Waals surface area (Å²) in [5.74, 6) is 3.26. The molecule has 10 heteroatoms. The topological polar surface area (TPSA) is 108 Å². The molecule has 9 nitrogen and oxygen atoms in total. The van der Waals surface area contributed by atoms with Crippen LogP contribution in [0.3, 0.4) is 0 Å². The SMILES string of the molecule is CCOC(=O)C1[C@H]2CN(C)C[C@@H]12.CCOC(=O)C1[C@H]2CNC[C@@H]12.CN1C[C@@H]2C(C(=O)O)[C@@H]2C1.Cl. The summed E-state index contributed by atoms with van der Waals surface area (Å²) < 4.78 is 9.92. The van der Waals surface area contributed by atoms with Crippen molar-refractivity contribution in [2.75, 3.05) is 66.6 Å². The Morgan fingerprint density at radius 2 is 1.09 bits per heavy atom. The fourth-order valence-electron chi connectivity index (χ4n) is 6.44. The van der Waals surface area contributed by atoms with Gasteiger partial charge >= 0.3 is 17.9 Å². The largest absolute Gasteiger partial charge is 0.481 e. The molecule has 2 N–H and O–H groups in total. The van der Waals surface area contributed by atoms with Crippen molar-refractivity contribution in [3.63, 3.8) is 0 Å². The van der Waals surface area contributed by atoms with Gasteiger partial charge in [-0.25, -0.2) is 0 Å². The van der Waals surface area contributed by atoms with Gasteiger partial charge in [0.1, 0.15) is 0 Å². The van der Waals surface area contributed by atoms with Crippen LogP contribution >= 0.6 is 12.4 Å². The third-order valence-corrected chi connectivity index (χ3v) is 8.25. The smallest absolute Gasteiger partial charge is 0.309 e. The number of esters is 2. The van der Waals surface area contributed by atoms with Crippen LogP contribution in [0, 0.1) is 53.3 Å². The van der Waals surface area contributed by atoms with Crippen molar-refractivity contribution in [2.24, 2.45) is 53.3 Å². The van der Waals surface area contributed by atoms with Crippen LogP contribution in [0.2, 0.25) is 0 Å². The van der Waals surface area contributed by atoms with E-state index in [1.165, 1.54) is 0 Å². The van der Waals surface area contributed by atoms with Gasteiger partial charge in [0.15, 0.2) is 0 Å². The minimum atomic E-state index is -0.594. The molecule has 3 saturated carbocycles. The number of hydrogen-bond acceptors (Lipinski definition) is 8. The second-order valence-electron chi connectivity index (χ2n) is 10.5. The quantitative estimate of drug-likeness (QED) is 0.525. The van der Waals surface area contributed by atoms with Crippen molar-refractivity contribution in [2.45, 2.75) is 13.8 Å². The molecule has 0 spiro atoms. The molecule has 6 fully saturated rings. The van der Waals surface area contributed by atoms with E-state index in [0.717, 1.165) is 39.3 Å². The van der Waals surface area contributed by atoms with Crippen molar-refractivity contribution < 1.29 is 29.0 Å². The molecule has 6 aliphatic rings. The molecular formula is C24H40ClN3O6. The summed E-state index contributed by atoms with van der Waals surface area (Å²) >= 11 is 0. The number of fused-ring (bicyclic) bond motifs is 3. The molecule has 0 amide bonds. The highest BCUT2D eigenvalue weighted by Gasteiger charge is 2.60. The molecule has 3 heterocycles. The van der Waals surface area contributed by atoms with Crippen LogP contribution in [0.25, 0.3) is 0 Å². The number of aliphatic carboxylic acids is 1. The summed E-state index contributed by atoms with van der Waals surface area (Å²) in [4.78, 5) is 37.4. The number of carboxylic acids is 1. The van der Waals surface area contributed by atoms with Gasteiger partial charge in [0.2, 0.25) is 0 Å². The highest BCUT2D eigenvalue weighted by atomic mass is 35.5. The maximum Gasteiger partial charge on any atom is 0.309 e. The lowest BCUT2D eigenvalue weighted by atomic mass is 10.3. The number of halogens is 1. The van der Waals surface area contributed by atoms with E-state index in [0.29, 0.717) is 48.7 Å². The standard InChI is InChI=1S/C9H15NO2.C8H13NO2.C7H11NO2.ClH/c1-3-12-9(11)8-6-4-10(2)5-7(6)8;1-2-11-8(10)7-5-3-9-4-6(5)7;1-8-2-4-5(3-8)6(4)7(9)10;/h6-8H,3-5H2,1-2H3;5-7,9H,2-4H2,1H3;4-6H,2-3H2,1H3,(H,9,10);1H/t6-,7+,8?;5-,6+,7?;4-,5+,6?;. The first-order valence-corrected chi connectivity index (χ1v) is 12.4. The van der Waals surface area contributed by atoms with Crippen LogP contribution in [0.5, 0.6) is 0 Å². The molecule has 3 unspecified atom stereocenters. The average Bonchev–Trinajstić information content (AvgIpc) is 3.62. The van der Waals surface area contributed by atoms with Gasteiger partial charge in [-0.1, -0.05) is 0 Å². The first kappa shape index (κ1) is 27.2. The number of likely N-dealkylation sites (tertiary alicyclic amines) is 2. The maximum absolute atomic E-state index is 11.3. The molecule has 9 atom stereocenters. The predicted molar refractivity (Wildman–Crippen MR) is 127 cm³/mol. The first-order valence-electron chi connectivity index (χ1n) is 12.4. The monoisotopic (exact) mass is 501 g/mol. The Labute approximate surface area is 208 Å². The second-order valence-corrected chi connectivity index (χ2v) is 10.5. The van der Waals surface area contributed by atoms with Gasteiger partial charge < -0.3 is 29.7 Å². The lowest BCUT2D eigenvalue weighted by molar-refractivity contribution is -0.146. The summed E-state index contributed by atoms with van der Waals surface area (Å²) in [6.07, 6.45) is 0. The van der Waals surface area contributed by atoms with Gasteiger partial charge in [-0.3, -0.25) is 14.4 Å². The van der Waals surface area contributed by atoms with Gasteiger partial charge in [-0.15, -0.1) is 12.4 Å². The molecule has 0 radical (unpaired) electrons. The Kier molecular flexibility index (Phi) is 8.87. The van der Waals surface area contributed by atoms with Gasteiger partial charge in [0, 0.05) is 26.2 Å². The molecule has 0 aromatic rings. The molecule has 3 aliphatic heterocycles. The van der Waals surface area contributed by atoms with E-state index in [1.807, 2.05) is 20.9 Å². The lowest BCUT2D eigenvalue weighted by Gasteiger charge is -2.11. The third-order valence-electron chi connectivity index (χ3n) is 8.25. The minimum Gasteiger partial charge on any atom is -0.481 e. The Balaban J connectivity index is 0.000000141. The molecule has 3 saturated heterocycles. The van der Waals surface area contributed by atoms with E-state index in [9.17, 15) is 14.4 Å². The van der Waals surface area contributed by atoms with E-state index in [4.69, 9.17) is 14.6 Å². The Morgan fingerprint density at radius 3 is 1.44 bits per heavy atom. The van der Waals surface area contributed by atoms with Crippen LogP contribution in [0.15, 0.2) is 0 Å². The van der Waals surface area contributed by atoms with E-state index in [-0.39, 0.29) is 42.1 Å². The van der Waals surface area contributed by atoms with Gasteiger partial charge in [0.25, 0.3) is 0 Å². The molecule has 194 valence electrons. The van der Waals surface area contributed by atoms with E-state index in [2.05, 4.69) is 22.2 Å². The number of piperidine rings is 3. The van der Waals surface area contributed by atoms with Crippen LogP contribution in [0.4, 0.5) is 0 Å². The number of carboxylic acid groups (broad SMARTS) is 1. The number of hydrogen-bond donors (Lipinski definition) is 2. The summed E-state index contributed by atoms with van der Waals surface area (Å²) in [5, 5.41) is 11.9. The highest BCUT2D eigenvalue weighted by molar-refractivity contribution is 5.85. The average molecular weight is 502 g/mol. The van der Waals surface area contributed by atoms with Crippen LogP contribution in [-0.2, 0) is 23.9 Å². The lowest BCUT2D eigenvalue weighted by Crippen LogP contribution is -2.22. The summed E-state index contributed by atoms with van der Waals surface area (Å²) in [7, 11) is 4.15. The molecule has 6 rings (SSSR count). The molecular weight excluding hydrogens is 462 g/mol. The highest BCUT2D eigenvalue weighted by Crippen LogP contribution is 2.52. The number of rotatable bonds is 5. The van der Waals surface area contributed by atoms with Crippen LogP contribution in [0.1, 0.15) is 13.8 Å². The first-order chi connectivity index (χ1) is 15.8. The van der Waals surface area contributed by atoms with Crippen LogP contribution in [-0.4, -0.2) is 99.4 Å². The van der Waals surface area contributed by atoms with Crippen molar-refractivity contribution in [3.05, 3.63) is 0 Å². The van der Waals surface area contributed by atoms with E-state index in [1.54, 1.807) is 0 Å². The zero-order valence-corrected chi connectivity index (χ0v) is 21.5.